The Labute approximate surface area is 221 Å². The maximum atomic E-state index is 15.6. The zero-order chi connectivity index (χ0) is 27.3. The molecule has 208 valence electrons. The third kappa shape index (κ3) is 7.94. The van der Waals surface area contributed by atoms with Crippen LogP contribution in [0.15, 0.2) is 24.5 Å². The summed E-state index contributed by atoms with van der Waals surface area (Å²) >= 11 is 0. The molecule has 0 radical (unpaired) electrons. The van der Waals surface area contributed by atoms with E-state index in [1.165, 1.54) is 6.07 Å². The first-order chi connectivity index (χ1) is 18.0. The number of hydrogen-bond acceptors (Lipinski definition) is 6. The molecule has 1 atom stereocenters. The van der Waals surface area contributed by atoms with Gasteiger partial charge in [0.25, 0.3) is 0 Å². The summed E-state index contributed by atoms with van der Waals surface area (Å²) < 4.78 is 59.1. The number of Topliss-reactive ketones (excluding diaryl/α,β-unsaturated/α-hetero) is 1. The van der Waals surface area contributed by atoms with E-state index < -0.39 is 17.9 Å². The van der Waals surface area contributed by atoms with Crippen molar-refractivity contribution in [3.05, 3.63) is 47.2 Å². The van der Waals surface area contributed by atoms with Gasteiger partial charge in [-0.3, -0.25) is 4.79 Å². The molecule has 3 heterocycles. The number of hydrogen-bond donors (Lipinski definition) is 0. The molecule has 2 aromatic rings. The van der Waals surface area contributed by atoms with Crippen molar-refractivity contribution in [2.45, 2.75) is 89.6 Å². The molecule has 10 heteroatoms. The maximum absolute atomic E-state index is 15.6. The van der Waals surface area contributed by atoms with Crippen LogP contribution >= 0.6 is 0 Å². The smallest absolute Gasteiger partial charge is 0.425 e. The van der Waals surface area contributed by atoms with Gasteiger partial charge in [-0.1, -0.05) is 6.07 Å². The summed E-state index contributed by atoms with van der Waals surface area (Å²) in [4.78, 5) is 27.3. The SMILES string of the molecule is Cc1ncc(CC(=O)CC2CCC(F)(CCN3CCc4ccc(O[C@H](C)C(F)(F)F)nc4CC3)CC2)cn1. The maximum Gasteiger partial charge on any atom is 0.425 e. The van der Waals surface area contributed by atoms with Crippen LogP contribution in [0.4, 0.5) is 17.6 Å². The standard InChI is InChI=1S/C28H36F4N4O2/c1-19(28(30,31)32)38-26-4-3-23-7-12-36(13-8-25(23)35-26)14-11-27(29)9-5-21(6-10-27)15-24(37)16-22-17-33-20(2)34-18-22/h3-4,17-19,21H,5-16H2,1-2H3/t19-,21?,27?/m1/s1. The molecule has 1 saturated carbocycles. The van der Waals surface area contributed by atoms with E-state index in [1.807, 2.05) is 0 Å². The largest absolute Gasteiger partial charge is 0.465 e. The van der Waals surface area contributed by atoms with Crippen molar-refractivity contribution in [3.63, 3.8) is 0 Å². The highest BCUT2D eigenvalue weighted by atomic mass is 19.4. The Balaban J connectivity index is 1.20. The summed E-state index contributed by atoms with van der Waals surface area (Å²) in [5.74, 6) is 1.01. The number of aryl methyl sites for hydroxylation is 1. The number of ether oxygens (including phenoxy) is 1. The molecule has 0 aromatic carbocycles. The summed E-state index contributed by atoms with van der Waals surface area (Å²) in [6.45, 7) is 4.82. The van der Waals surface area contributed by atoms with Gasteiger partial charge >= 0.3 is 6.18 Å². The van der Waals surface area contributed by atoms with E-state index in [2.05, 4.69) is 19.9 Å². The van der Waals surface area contributed by atoms with Crippen LogP contribution in [0.1, 0.15) is 68.1 Å². The van der Waals surface area contributed by atoms with Crippen molar-refractivity contribution in [1.82, 2.24) is 19.9 Å². The Morgan fingerprint density at radius 3 is 2.53 bits per heavy atom. The molecule has 1 aliphatic heterocycles. The van der Waals surface area contributed by atoms with Crippen molar-refractivity contribution in [1.29, 1.82) is 0 Å². The zero-order valence-electron chi connectivity index (χ0n) is 22.1. The average molecular weight is 537 g/mol. The molecule has 0 N–H and O–H groups in total. The number of pyridine rings is 1. The summed E-state index contributed by atoms with van der Waals surface area (Å²) in [5, 5.41) is 0. The molecule has 1 aliphatic carbocycles. The summed E-state index contributed by atoms with van der Waals surface area (Å²) in [5.41, 5.74) is 1.33. The van der Waals surface area contributed by atoms with Crippen LogP contribution in [-0.2, 0) is 24.1 Å². The van der Waals surface area contributed by atoms with E-state index in [0.29, 0.717) is 76.7 Å². The van der Waals surface area contributed by atoms with Gasteiger partial charge in [-0.05, 0) is 69.4 Å². The van der Waals surface area contributed by atoms with Crippen LogP contribution in [-0.4, -0.2) is 63.2 Å². The lowest BCUT2D eigenvalue weighted by Crippen LogP contribution is -2.36. The number of halogens is 4. The van der Waals surface area contributed by atoms with Gasteiger partial charge in [0.1, 0.15) is 17.3 Å². The molecule has 0 spiro atoms. The average Bonchev–Trinajstić information content (AvgIpc) is 3.07. The fraction of sp³-hybridized carbons (Fsp3) is 0.643. The molecule has 2 aliphatic rings. The zero-order valence-corrected chi connectivity index (χ0v) is 22.1. The molecular weight excluding hydrogens is 500 g/mol. The van der Waals surface area contributed by atoms with Crippen LogP contribution in [0.25, 0.3) is 0 Å². The molecule has 0 saturated heterocycles. The number of aromatic nitrogens is 3. The quantitative estimate of drug-likeness (QED) is 0.400. The Morgan fingerprint density at radius 1 is 1.16 bits per heavy atom. The molecule has 6 nitrogen and oxygen atoms in total. The lowest BCUT2D eigenvalue weighted by atomic mass is 9.76. The summed E-state index contributed by atoms with van der Waals surface area (Å²) in [6, 6.07) is 3.28. The van der Waals surface area contributed by atoms with E-state index in [-0.39, 0.29) is 17.6 Å². The van der Waals surface area contributed by atoms with Gasteiger partial charge < -0.3 is 9.64 Å². The first-order valence-electron chi connectivity index (χ1n) is 13.4. The lowest BCUT2D eigenvalue weighted by molar-refractivity contribution is -0.190. The third-order valence-corrected chi connectivity index (χ3v) is 7.79. The van der Waals surface area contributed by atoms with Crippen LogP contribution in [0.2, 0.25) is 0 Å². The second kappa shape index (κ2) is 12.1. The van der Waals surface area contributed by atoms with E-state index in [1.54, 1.807) is 25.4 Å². The number of ketones is 1. The molecule has 0 bridgehead atoms. The van der Waals surface area contributed by atoms with Gasteiger partial charge in [-0.15, -0.1) is 0 Å². The molecule has 1 fully saturated rings. The molecule has 2 aromatic heterocycles. The lowest BCUT2D eigenvalue weighted by Gasteiger charge is -2.35. The van der Waals surface area contributed by atoms with Gasteiger partial charge in [0.2, 0.25) is 5.88 Å². The topological polar surface area (TPSA) is 68.2 Å². The number of nitrogens with zero attached hydrogens (tertiary/aromatic N) is 4. The van der Waals surface area contributed by atoms with Crippen molar-refractivity contribution in [2.75, 3.05) is 19.6 Å². The number of fused-ring (bicyclic) bond motifs is 1. The minimum Gasteiger partial charge on any atom is -0.465 e. The van der Waals surface area contributed by atoms with Crippen molar-refractivity contribution in [2.24, 2.45) is 5.92 Å². The van der Waals surface area contributed by atoms with Crippen LogP contribution in [0, 0.1) is 12.8 Å². The first-order valence-corrected chi connectivity index (χ1v) is 13.4. The number of carbonyl (C=O) groups excluding carboxylic acids is 1. The summed E-state index contributed by atoms with van der Waals surface area (Å²) in [7, 11) is 0. The number of rotatable bonds is 9. The van der Waals surface area contributed by atoms with E-state index in [9.17, 15) is 18.0 Å². The van der Waals surface area contributed by atoms with E-state index in [0.717, 1.165) is 30.3 Å². The summed E-state index contributed by atoms with van der Waals surface area (Å²) in [6.07, 6.45) is 1.88. The van der Waals surface area contributed by atoms with Crippen LogP contribution < -0.4 is 4.74 Å². The minimum absolute atomic E-state index is 0.0211. The Bertz CT molecular complexity index is 1090. The predicted octanol–water partition coefficient (Wildman–Crippen LogP) is 5.40. The van der Waals surface area contributed by atoms with Gasteiger partial charge in [0.15, 0.2) is 6.10 Å². The third-order valence-electron chi connectivity index (χ3n) is 7.79. The van der Waals surface area contributed by atoms with Crippen molar-refractivity contribution < 1.29 is 27.1 Å². The van der Waals surface area contributed by atoms with E-state index >= 15 is 4.39 Å². The van der Waals surface area contributed by atoms with Gasteiger partial charge in [-0.25, -0.2) is 19.3 Å². The number of carbonyl (C=O) groups is 1. The van der Waals surface area contributed by atoms with Gasteiger partial charge in [0.05, 0.1) is 0 Å². The highest BCUT2D eigenvalue weighted by Crippen LogP contribution is 2.39. The molecule has 0 amide bonds. The fourth-order valence-electron chi connectivity index (χ4n) is 5.29. The molecule has 4 rings (SSSR count). The second-order valence-electron chi connectivity index (χ2n) is 10.8. The predicted molar refractivity (Wildman–Crippen MR) is 135 cm³/mol. The second-order valence-corrected chi connectivity index (χ2v) is 10.8. The van der Waals surface area contributed by atoms with Gasteiger partial charge in [-0.2, -0.15) is 13.2 Å². The van der Waals surface area contributed by atoms with Crippen molar-refractivity contribution in [3.8, 4) is 5.88 Å². The monoisotopic (exact) mass is 536 g/mol. The van der Waals surface area contributed by atoms with Gasteiger partial charge in [0, 0.05) is 63.1 Å². The Hall–Kier alpha value is -2.62. The van der Waals surface area contributed by atoms with Crippen molar-refractivity contribution >= 4 is 5.78 Å². The van der Waals surface area contributed by atoms with Crippen LogP contribution in [0.5, 0.6) is 5.88 Å². The highest BCUT2D eigenvalue weighted by Gasteiger charge is 2.38. The normalized spacial score (nSPS) is 23.4. The Kier molecular flexibility index (Phi) is 9.00. The Morgan fingerprint density at radius 2 is 1.84 bits per heavy atom. The molecular formula is C28H36F4N4O2. The molecule has 0 unspecified atom stereocenters. The minimum atomic E-state index is -4.45. The fourth-order valence-corrected chi connectivity index (χ4v) is 5.29. The first kappa shape index (κ1) is 28.4. The molecule has 38 heavy (non-hydrogen) atoms. The van der Waals surface area contributed by atoms with E-state index in [4.69, 9.17) is 4.74 Å². The number of alkyl halides is 4. The van der Waals surface area contributed by atoms with Crippen LogP contribution in [0.3, 0.4) is 0 Å². The highest BCUT2D eigenvalue weighted by molar-refractivity contribution is 5.80.